The third kappa shape index (κ3) is 5.00. The van der Waals surface area contributed by atoms with Crippen LogP contribution in [-0.4, -0.2) is 25.3 Å². The Balaban J connectivity index is 2.13. The number of nitrogens with one attached hydrogen (secondary N) is 1. The van der Waals surface area contributed by atoms with Gasteiger partial charge < -0.3 is 9.47 Å². The highest BCUT2D eigenvalue weighted by molar-refractivity contribution is 6.01. The van der Waals surface area contributed by atoms with Crippen LogP contribution in [-0.2, 0) is 0 Å². The van der Waals surface area contributed by atoms with Crippen molar-refractivity contribution in [3.05, 3.63) is 59.2 Å². The minimum atomic E-state index is -2.94. The Morgan fingerprint density at radius 3 is 2.32 bits per heavy atom. The van der Waals surface area contributed by atoms with Gasteiger partial charge in [0.15, 0.2) is 11.5 Å². The number of hydrazone groups is 1. The lowest BCUT2D eigenvalue weighted by atomic mass is 10.1. The van der Waals surface area contributed by atoms with Crippen LogP contribution >= 0.6 is 0 Å². The molecule has 0 aliphatic heterocycles. The molecule has 132 valence electrons. The summed E-state index contributed by atoms with van der Waals surface area (Å²) in [6.45, 7) is 0.666. The molecule has 2 aromatic carbocycles. The lowest BCUT2D eigenvalue weighted by molar-refractivity contribution is -0.0512. The first-order valence-corrected chi connectivity index (χ1v) is 7.45. The Hall–Kier alpha value is -2.96. The summed E-state index contributed by atoms with van der Waals surface area (Å²) in [4.78, 5) is 12.0. The largest absolute Gasteiger partial charge is 0.493 e. The molecule has 0 heterocycles. The van der Waals surface area contributed by atoms with Crippen LogP contribution < -0.4 is 14.9 Å². The molecule has 25 heavy (non-hydrogen) atoms. The number of hydrogen-bond acceptors (Lipinski definition) is 4. The summed E-state index contributed by atoms with van der Waals surface area (Å²) >= 11 is 0. The molecular weight excluding hydrogens is 330 g/mol. The van der Waals surface area contributed by atoms with Gasteiger partial charge in [-0.05, 0) is 44.2 Å². The number of amides is 1. The smallest absolute Gasteiger partial charge is 0.387 e. The second-order valence-electron chi connectivity index (χ2n) is 5.25. The Kier molecular flexibility index (Phi) is 6.05. The number of benzene rings is 2. The van der Waals surface area contributed by atoms with Gasteiger partial charge in [0.1, 0.15) is 0 Å². The van der Waals surface area contributed by atoms with E-state index in [1.807, 2.05) is 19.1 Å². The van der Waals surface area contributed by atoms with E-state index in [0.29, 0.717) is 16.8 Å². The number of halogens is 2. The molecule has 1 N–H and O–H groups in total. The highest BCUT2D eigenvalue weighted by atomic mass is 19.3. The summed E-state index contributed by atoms with van der Waals surface area (Å²) in [6.07, 6.45) is 0. The Bertz CT molecular complexity index is 774. The zero-order valence-electron chi connectivity index (χ0n) is 14.0. The molecule has 0 aliphatic carbocycles. The lowest BCUT2D eigenvalue weighted by Crippen LogP contribution is -2.19. The Morgan fingerprint density at radius 2 is 1.72 bits per heavy atom. The van der Waals surface area contributed by atoms with E-state index in [1.54, 1.807) is 25.1 Å². The number of carbonyl (C=O) groups excluding carboxylic acids is 1. The van der Waals surface area contributed by atoms with Crippen molar-refractivity contribution in [1.29, 1.82) is 0 Å². The fourth-order valence-electron chi connectivity index (χ4n) is 2.05. The van der Waals surface area contributed by atoms with Crippen molar-refractivity contribution in [3.63, 3.8) is 0 Å². The van der Waals surface area contributed by atoms with Crippen molar-refractivity contribution < 1.29 is 23.0 Å². The molecule has 0 aliphatic rings. The van der Waals surface area contributed by atoms with E-state index < -0.39 is 6.61 Å². The first-order valence-electron chi connectivity index (χ1n) is 7.45. The van der Waals surface area contributed by atoms with Crippen molar-refractivity contribution in [2.24, 2.45) is 5.10 Å². The van der Waals surface area contributed by atoms with Gasteiger partial charge in [-0.15, -0.1) is 0 Å². The maximum Gasteiger partial charge on any atom is 0.387 e. The summed E-state index contributed by atoms with van der Waals surface area (Å²) < 4.78 is 34.1. The van der Waals surface area contributed by atoms with Crippen molar-refractivity contribution in [1.82, 2.24) is 5.43 Å². The van der Waals surface area contributed by atoms with Gasteiger partial charge in [-0.1, -0.05) is 17.7 Å². The third-order valence-electron chi connectivity index (χ3n) is 3.44. The van der Waals surface area contributed by atoms with Gasteiger partial charge in [0.2, 0.25) is 0 Å². The summed E-state index contributed by atoms with van der Waals surface area (Å²) in [5.41, 5.74) is 5.08. The Morgan fingerprint density at radius 1 is 1.08 bits per heavy atom. The van der Waals surface area contributed by atoms with Gasteiger partial charge in [0.05, 0.1) is 12.8 Å². The van der Waals surface area contributed by atoms with Crippen LogP contribution in [0, 0.1) is 6.92 Å². The molecule has 0 radical (unpaired) electrons. The van der Waals surface area contributed by atoms with Crippen LogP contribution in [0.2, 0.25) is 0 Å². The summed E-state index contributed by atoms with van der Waals surface area (Å²) in [6, 6.07) is 11.5. The van der Waals surface area contributed by atoms with E-state index in [4.69, 9.17) is 4.74 Å². The zero-order chi connectivity index (χ0) is 18.4. The standard InChI is InChI=1S/C18H18F2N2O3/c1-11-4-6-13(7-5-11)17(23)22-21-12(2)14-8-9-15(25-18(19)20)16(10-14)24-3/h4-10,18H,1-3H3,(H,22,23)/b21-12-. The lowest BCUT2D eigenvalue weighted by Gasteiger charge is -2.11. The van der Waals surface area contributed by atoms with Gasteiger partial charge in [-0.25, -0.2) is 5.43 Å². The number of ether oxygens (including phenoxy) is 2. The van der Waals surface area contributed by atoms with Crippen LogP contribution in [0.3, 0.4) is 0 Å². The molecule has 5 nitrogen and oxygen atoms in total. The minimum Gasteiger partial charge on any atom is -0.493 e. The second kappa shape index (κ2) is 8.23. The predicted octanol–water partition coefficient (Wildman–Crippen LogP) is 3.76. The number of aryl methyl sites for hydroxylation is 1. The molecule has 7 heteroatoms. The van der Waals surface area contributed by atoms with E-state index >= 15 is 0 Å². The molecule has 0 spiro atoms. The monoisotopic (exact) mass is 348 g/mol. The van der Waals surface area contributed by atoms with Gasteiger partial charge in [0, 0.05) is 11.1 Å². The molecule has 0 unspecified atom stereocenters. The van der Waals surface area contributed by atoms with Crippen LogP contribution in [0.15, 0.2) is 47.6 Å². The fourth-order valence-corrected chi connectivity index (χ4v) is 2.05. The van der Waals surface area contributed by atoms with E-state index in [-0.39, 0.29) is 17.4 Å². The number of methoxy groups -OCH3 is 1. The summed E-state index contributed by atoms with van der Waals surface area (Å²) in [7, 11) is 1.35. The highest BCUT2D eigenvalue weighted by Crippen LogP contribution is 2.29. The molecule has 0 bridgehead atoms. The van der Waals surface area contributed by atoms with E-state index in [0.717, 1.165) is 5.56 Å². The fraction of sp³-hybridized carbons (Fsp3) is 0.222. The van der Waals surface area contributed by atoms with Crippen LogP contribution in [0.25, 0.3) is 0 Å². The number of alkyl halides is 2. The third-order valence-corrected chi connectivity index (χ3v) is 3.44. The quantitative estimate of drug-likeness (QED) is 0.639. The van der Waals surface area contributed by atoms with Crippen molar-refractivity contribution in [2.45, 2.75) is 20.5 Å². The van der Waals surface area contributed by atoms with Crippen LogP contribution in [0.4, 0.5) is 8.78 Å². The topological polar surface area (TPSA) is 59.9 Å². The highest BCUT2D eigenvalue weighted by Gasteiger charge is 2.12. The van der Waals surface area contributed by atoms with Crippen molar-refractivity contribution in [3.8, 4) is 11.5 Å². The first kappa shape index (κ1) is 18.4. The molecule has 2 rings (SSSR count). The van der Waals surface area contributed by atoms with Crippen LogP contribution in [0.5, 0.6) is 11.5 Å². The van der Waals surface area contributed by atoms with E-state index in [9.17, 15) is 13.6 Å². The molecular formula is C18H18F2N2O3. The molecule has 0 saturated heterocycles. The number of nitrogens with zero attached hydrogens (tertiary/aromatic N) is 1. The molecule has 0 aromatic heterocycles. The maximum atomic E-state index is 12.3. The van der Waals surface area contributed by atoms with Gasteiger partial charge in [-0.2, -0.15) is 13.9 Å². The van der Waals surface area contributed by atoms with Crippen LogP contribution in [0.1, 0.15) is 28.4 Å². The number of rotatable bonds is 6. The minimum absolute atomic E-state index is 0.0715. The zero-order valence-corrected chi connectivity index (χ0v) is 14.0. The van der Waals surface area contributed by atoms with Gasteiger partial charge >= 0.3 is 6.61 Å². The SMILES string of the molecule is COc1cc(/C(C)=N\NC(=O)c2ccc(C)cc2)ccc1OC(F)F. The number of hydrogen-bond donors (Lipinski definition) is 1. The van der Waals surface area contributed by atoms with E-state index in [2.05, 4.69) is 15.3 Å². The predicted molar refractivity (Wildman–Crippen MR) is 90.5 cm³/mol. The average molecular weight is 348 g/mol. The van der Waals surface area contributed by atoms with E-state index in [1.165, 1.54) is 19.2 Å². The number of carbonyl (C=O) groups is 1. The van der Waals surface area contributed by atoms with Crippen molar-refractivity contribution >= 4 is 11.6 Å². The average Bonchev–Trinajstić information content (AvgIpc) is 2.59. The van der Waals surface area contributed by atoms with Gasteiger partial charge in [-0.3, -0.25) is 4.79 Å². The Labute approximate surface area is 144 Å². The molecule has 0 saturated carbocycles. The summed E-state index contributed by atoms with van der Waals surface area (Å²) in [5.74, 6) is -0.265. The maximum absolute atomic E-state index is 12.3. The van der Waals surface area contributed by atoms with Gasteiger partial charge in [0.25, 0.3) is 5.91 Å². The van der Waals surface area contributed by atoms with Crippen molar-refractivity contribution in [2.75, 3.05) is 7.11 Å². The molecule has 0 atom stereocenters. The first-order chi connectivity index (χ1) is 11.9. The molecule has 2 aromatic rings. The molecule has 1 amide bonds. The summed E-state index contributed by atoms with van der Waals surface area (Å²) in [5, 5.41) is 4.03. The normalized spacial score (nSPS) is 11.4. The molecule has 0 fully saturated rings. The second-order valence-corrected chi connectivity index (χ2v) is 5.25.